The van der Waals surface area contributed by atoms with Gasteiger partial charge in [0, 0.05) is 31.5 Å². The van der Waals surface area contributed by atoms with Gasteiger partial charge in [0.2, 0.25) is 0 Å². The molecule has 4 rings (SSSR count). The monoisotopic (exact) mass is 539 g/mol. The van der Waals surface area contributed by atoms with E-state index in [0.717, 1.165) is 42.9 Å². The Labute approximate surface area is 197 Å². The quantitative estimate of drug-likeness (QED) is 0.280. The van der Waals surface area contributed by atoms with Crippen molar-refractivity contribution < 1.29 is 14.6 Å². The summed E-state index contributed by atoms with van der Waals surface area (Å²) in [6.45, 7) is 2.42. The summed E-state index contributed by atoms with van der Waals surface area (Å²) in [6, 6.07) is 24.8. The Bertz CT molecular complexity index is 1260. The fourth-order valence-electron chi connectivity index (χ4n) is 3.47. The number of nitrogens with zero attached hydrogens (tertiary/aromatic N) is 1. The molecule has 3 aromatic carbocycles. The minimum absolute atomic E-state index is 0.246. The highest BCUT2D eigenvalue weighted by Gasteiger charge is 2.16. The van der Waals surface area contributed by atoms with Crippen molar-refractivity contribution in [3.63, 3.8) is 0 Å². The van der Waals surface area contributed by atoms with Gasteiger partial charge in [-0.2, -0.15) is 0 Å². The van der Waals surface area contributed by atoms with Gasteiger partial charge >= 0.3 is 5.97 Å². The number of ether oxygens (including phenoxy) is 1. The number of aromatic carboxylic acids is 1. The Hall–Kier alpha value is -2.83. The Kier molecular flexibility index (Phi) is 6.30. The maximum absolute atomic E-state index is 11.5. The summed E-state index contributed by atoms with van der Waals surface area (Å²) < 4.78 is 10.2. The normalized spacial score (nSPS) is 10.8. The lowest BCUT2D eigenvalue weighted by molar-refractivity contribution is 0.0697. The number of hydrogen-bond acceptors (Lipinski definition) is 2. The molecule has 156 valence electrons. The van der Waals surface area contributed by atoms with Gasteiger partial charge in [-0.05, 0) is 61.5 Å². The molecule has 0 amide bonds. The molecule has 4 aromatic rings. The highest BCUT2D eigenvalue weighted by molar-refractivity contribution is 9.10. The van der Waals surface area contributed by atoms with Crippen LogP contribution in [0.15, 0.2) is 87.8 Å². The molecule has 6 heteroatoms. The van der Waals surface area contributed by atoms with Crippen LogP contribution in [0.4, 0.5) is 0 Å². The summed E-state index contributed by atoms with van der Waals surface area (Å²) in [5.41, 5.74) is 4.91. The number of carbonyl (C=O) groups is 1. The summed E-state index contributed by atoms with van der Waals surface area (Å²) in [5, 5.41) is 9.40. The molecule has 0 saturated carbocycles. The van der Waals surface area contributed by atoms with Gasteiger partial charge in [0.1, 0.15) is 12.4 Å². The van der Waals surface area contributed by atoms with Gasteiger partial charge in [-0.15, -0.1) is 0 Å². The van der Waals surface area contributed by atoms with Crippen LogP contribution in [0.5, 0.6) is 5.75 Å². The molecule has 0 saturated heterocycles. The lowest BCUT2D eigenvalue weighted by Gasteiger charge is -2.17. The van der Waals surface area contributed by atoms with Gasteiger partial charge in [0.15, 0.2) is 0 Å². The zero-order valence-corrected chi connectivity index (χ0v) is 19.9. The van der Waals surface area contributed by atoms with E-state index >= 15 is 0 Å². The van der Waals surface area contributed by atoms with Crippen molar-refractivity contribution in [3.8, 4) is 22.7 Å². The molecule has 0 fully saturated rings. The molecule has 4 nitrogen and oxygen atoms in total. The number of benzene rings is 3. The Morgan fingerprint density at radius 1 is 0.968 bits per heavy atom. The average Bonchev–Trinajstić information content (AvgIpc) is 3.15. The second-order valence-corrected chi connectivity index (χ2v) is 8.84. The lowest BCUT2D eigenvalue weighted by Crippen LogP contribution is -2.04. The number of halogens is 2. The first-order valence-corrected chi connectivity index (χ1v) is 11.2. The second kappa shape index (κ2) is 9.12. The molecular weight excluding hydrogens is 522 g/mol. The smallest absolute Gasteiger partial charge is 0.335 e. The van der Waals surface area contributed by atoms with E-state index < -0.39 is 5.97 Å². The van der Waals surface area contributed by atoms with Crippen LogP contribution >= 0.6 is 31.9 Å². The number of carboxylic acids is 1. The summed E-state index contributed by atoms with van der Waals surface area (Å²) in [7, 11) is 0. The molecule has 0 aliphatic heterocycles. The maximum Gasteiger partial charge on any atom is 0.335 e. The van der Waals surface area contributed by atoms with Crippen molar-refractivity contribution in [3.05, 3.63) is 105 Å². The third kappa shape index (κ3) is 4.60. The van der Waals surface area contributed by atoms with Crippen molar-refractivity contribution >= 4 is 37.8 Å². The molecule has 0 radical (unpaired) electrons. The summed E-state index contributed by atoms with van der Waals surface area (Å²) in [5.74, 6) is -0.208. The highest BCUT2D eigenvalue weighted by atomic mass is 79.9. The molecule has 0 spiro atoms. The largest absolute Gasteiger partial charge is 0.488 e. The van der Waals surface area contributed by atoms with Crippen LogP contribution in [0.25, 0.3) is 16.9 Å². The van der Waals surface area contributed by atoms with Crippen LogP contribution in [-0.2, 0) is 6.61 Å². The SMILES string of the molecule is Cc1ccc(-c2cc(Br)ccc2OCc2ccccc2Br)n1-c1cccc(C(=O)O)c1. The predicted octanol–water partition coefficient (Wildman–Crippen LogP) is 7.25. The van der Waals surface area contributed by atoms with Gasteiger partial charge in [-0.3, -0.25) is 0 Å². The Balaban J connectivity index is 1.77. The maximum atomic E-state index is 11.5. The van der Waals surface area contributed by atoms with Crippen molar-refractivity contribution in [1.29, 1.82) is 0 Å². The van der Waals surface area contributed by atoms with Crippen molar-refractivity contribution in [2.45, 2.75) is 13.5 Å². The number of aromatic nitrogens is 1. The fourth-order valence-corrected chi connectivity index (χ4v) is 4.23. The summed E-state index contributed by atoms with van der Waals surface area (Å²) >= 11 is 7.14. The molecular formula is C25H19Br2NO3. The zero-order valence-electron chi connectivity index (χ0n) is 16.7. The fraction of sp³-hybridized carbons (Fsp3) is 0.0800. The molecule has 0 unspecified atom stereocenters. The zero-order chi connectivity index (χ0) is 22.0. The highest BCUT2D eigenvalue weighted by Crippen LogP contribution is 2.36. The van der Waals surface area contributed by atoms with Crippen LogP contribution < -0.4 is 4.74 Å². The van der Waals surface area contributed by atoms with Crippen LogP contribution in [0, 0.1) is 6.92 Å². The number of hydrogen-bond donors (Lipinski definition) is 1. The third-order valence-electron chi connectivity index (χ3n) is 4.99. The van der Waals surface area contributed by atoms with E-state index in [1.54, 1.807) is 18.2 Å². The van der Waals surface area contributed by atoms with Crippen molar-refractivity contribution in [2.75, 3.05) is 0 Å². The lowest BCUT2D eigenvalue weighted by atomic mass is 10.1. The number of rotatable bonds is 6. The first-order valence-electron chi connectivity index (χ1n) is 9.62. The molecule has 0 aliphatic carbocycles. The van der Waals surface area contributed by atoms with Gasteiger partial charge in [-0.25, -0.2) is 4.79 Å². The molecule has 0 bridgehead atoms. The summed E-state index contributed by atoms with van der Waals surface area (Å²) in [4.78, 5) is 11.5. The van der Waals surface area contributed by atoms with E-state index in [9.17, 15) is 9.90 Å². The Morgan fingerprint density at radius 2 is 1.77 bits per heavy atom. The standard InChI is InChI=1S/C25H19Br2NO3/c1-16-9-11-23(28(16)20-7-4-6-17(13-20)25(29)30)21-14-19(26)10-12-24(21)31-15-18-5-2-3-8-22(18)27/h2-14H,15H2,1H3,(H,29,30). The van der Waals surface area contributed by atoms with E-state index in [-0.39, 0.29) is 5.56 Å². The van der Waals surface area contributed by atoms with E-state index in [1.807, 2.05) is 72.2 Å². The first-order chi connectivity index (χ1) is 14.9. The van der Waals surface area contributed by atoms with Gasteiger partial charge in [0.25, 0.3) is 0 Å². The van der Waals surface area contributed by atoms with E-state index in [2.05, 4.69) is 31.9 Å². The van der Waals surface area contributed by atoms with Gasteiger partial charge < -0.3 is 14.4 Å². The topological polar surface area (TPSA) is 51.5 Å². The van der Waals surface area contributed by atoms with E-state index in [1.165, 1.54) is 0 Å². The van der Waals surface area contributed by atoms with Crippen LogP contribution in [0.2, 0.25) is 0 Å². The van der Waals surface area contributed by atoms with Crippen LogP contribution in [0.3, 0.4) is 0 Å². The van der Waals surface area contributed by atoms with E-state index in [0.29, 0.717) is 6.61 Å². The van der Waals surface area contributed by atoms with Crippen LogP contribution in [0.1, 0.15) is 21.6 Å². The molecule has 0 aliphatic rings. The molecule has 1 heterocycles. The third-order valence-corrected chi connectivity index (χ3v) is 6.25. The minimum atomic E-state index is -0.951. The molecule has 31 heavy (non-hydrogen) atoms. The first kappa shape index (κ1) is 21.4. The van der Waals surface area contributed by atoms with Gasteiger partial charge in [0.05, 0.1) is 11.3 Å². The molecule has 1 aromatic heterocycles. The van der Waals surface area contributed by atoms with Crippen LogP contribution in [-0.4, -0.2) is 15.6 Å². The number of aryl methyl sites for hydroxylation is 1. The number of carboxylic acid groups (broad SMARTS) is 1. The second-order valence-electron chi connectivity index (χ2n) is 7.07. The van der Waals surface area contributed by atoms with E-state index in [4.69, 9.17) is 4.74 Å². The molecule has 0 atom stereocenters. The van der Waals surface area contributed by atoms with Crippen molar-refractivity contribution in [2.24, 2.45) is 0 Å². The Morgan fingerprint density at radius 3 is 2.55 bits per heavy atom. The average molecular weight is 541 g/mol. The molecule has 1 N–H and O–H groups in total. The minimum Gasteiger partial charge on any atom is -0.488 e. The van der Waals surface area contributed by atoms with Gasteiger partial charge in [-0.1, -0.05) is 56.1 Å². The predicted molar refractivity (Wildman–Crippen MR) is 129 cm³/mol. The summed E-state index contributed by atoms with van der Waals surface area (Å²) in [6.07, 6.45) is 0. The van der Waals surface area contributed by atoms with Crippen molar-refractivity contribution in [1.82, 2.24) is 4.57 Å².